The molecule has 1 aromatic carbocycles. The maximum atomic E-state index is 6.26. The number of hydrogen-bond acceptors (Lipinski definition) is 2. The molecular weight excluding hydrogens is 281 g/mol. The van der Waals surface area contributed by atoms with Gasteiger partial charge in [-0.25, -0.2) is 0 Å². The van der Waals surface area contributed by atoms with E-state index in [4.69, 9.17) is 27.9 Å². The van der Waals surface area contributed by atoms with Crippen molar-refractivity contribution in [2.24, 2.45) is 0 Å². The molecule has 0 N–H and O–H groups in total. The molecule has 1 aromatic rings. The lowest BCUT2D eigenvalue weighted by Crippen LogP contribution is -2.37. The standard InChI is InChI=1S/C15H23Cl2NO/c1-4-13(5-2)18(8-9-19-3)14-7-6-12(11-16)15(17)10-14/h6-7,10,13H,4-5,8-9,11H2,1-3H3. The lowest BCUT2D eigenvalue weighted by atomic mass is 10.1. The van der Waals surface area contributed by atoms with Crippen LogP contribution in [0.3, 0.4) is 0 Å². The zero-order chi connectivity index (χ0) is 14.3. The van der Waals surface area contributed by atoms with Crippen molar-refractivity contribution in [3.8, 4) is 0 Å². The van der Waals surface area contributed by atoms with E-state index in [2.05, 4.69) is 24.8 Å². The van der Waals surface area contributed by atoms with E-state index in [9.17, 15) is 0 Å². The fraction of sp³-hybridized carbons (Fsp3) is 0.600. The van der Waals surface area contributed by atoms with Crippen LogP contribution < -0.4 is 4.90 Å². The Balaban J connectivity index is 2.98. The molecule has 0 aromatic heterocycles. The summed E-state index contributed by atoms with van der Waals surface area (Å²) in [7, 11) is 1.73. The van der Waals surface area contributed by atoms with Gasteiger partial charge < -0.3 is 9.64 Å². The van der Waals surface area contributed by atoms with Gasteiger partial charge in [0, 0.05) is 36.3 Å². The SMILES string of the molecule is CCC(CC)N(CCOC)c1ccc(CCl)c(Cl)c1. The smallest absolute Gasteiger partial charge is 0.0637 e. The Morgan fingerprint density at radius 1 is 1.26 bits per heavy atom. The van der Waals surface area contributed by atoms with Crippen LogP contribution >= 0.6 is 23.2 Å². The zero-order valence-electron chi connectivity index (χ0n) is 12.0. The molecule has 4 heteroatoms. The van der Waals surface area contributed by atoms with Crippen LogP contribution in [-0.2, 0) is 10.6 Å². The minimum atomic E-state index is 0.447. The molecule has 0 aliphatic rings. The Kier molecular flexibility index (Phi) is 7.59. The summed E-state index contributed by atoms with van der Waals surface area (Å²) in [6.07, 6.45) is 2.21. The molecule has 0 fully saturated rings. The van der Waals surface area contributed by atoms with Crippen LogP contribution in [0.4, 0.5) is 5.69 Å². The van der Waals surface area contributed by atoms with Gasteiger partial charge in [0.25, 0.3) is 0 Å². The van der Waals surface area contributed by atoms with Crippen LogP contribution in [0.5, 0.6) is 0 Å². The second-order valence-corrected chi connectivity index (χ2v) is 5.24. The molecular formula is C15H23Cl2NO. The molecule has 0 aliphatic carbocycles. The molecule has 0 spiro atoms. The normalized spacial score (nSPS) is 11.1. The number of anilines is 1. The number of nitrogens with zero attached hydrogens (tertiary/aromatic N) is 1. The van der Waals surface area contributed by atoms with Crippen molar-refractivity contribution < 1.29 is 4.74 Å². The van der Waals surface area contributed by atoms with Crippen molar-refractivity contribution >= 4 is 28.9 Å². The first kappa shape index (κ1) is 16.6. The highest BCUT2D eigenvalue weighted by atomic mass is 35.5. The monoisotopic (exact) mass is 303 g/mol. The van der Waals surface area contributed by atoms with Crippen molar-refractivity contribution in [2.45, 2.75) is 38.6 Å². The van der Waals surface area contributed by atoms with E-state index in [0.29, 0.717) is 18.5 Å². The summed E-state index contributed by atoms with van der Waals surface area (Å²) in [5.41, 5.74) is 2.12. The van der Waals surface area contributed by atoms with Gasteiger partial charge >= 0.3 is 0 Å². The molecule has 0 saturated heterocycles. The van der Waals surface area contributed by atoms with E-state index in [1.54, 1.807) is 7.11 Å². The molecule has 2 nitrogen and oxygen atoms in total. The molecule has 0 amide bonds. The van der Waals surface area contributed by atoms with Crippen molar-refractivity contribution in [1.29, 1.82) is 0 Å². The van der Waals surface area contributed by atoms with Crippen LogP contribution in [0.1, 0.15) is 32.3 Å². The molecule has 0 radical (unpaired) electrons. The van der Waals surface area contributed by atoms with Gasteiger partial charge in [-0.05, 0) is 30.5 Å². The first-order valence-corrected chi connectivity index (χ1v) is 7.69. The third-order valence-electron chi connectivity index (χ3n) is 3.43. The molecule has 0 atom stereocenters. The lowest BCUT2D eigenvalue weighted by Gasteiger charge is -2.32. The summed E-state index contributed by atoms with van der Waals surface area (Å²) in [4.78, 5) is 2.37. The average Bonchev–Trinajstić information content (AvgIpc) is 2.43. The first-order valence-electron chi connectivity index (χ1n) is 6.77. The molecule has 0 saturated carbocycles. The predicted octanol–water partition coefficient (Wildman–Crippen LogP) is 4.72. The molecule has 1 rings (SSSR count). The maximum Gasteiger partial charge on any atom is 0.0637 e. The van der Waals surface area contributed by atoms with Gasteiger partial charge in [-0.15, -0.1) is 11.6 Å². The van der Waals surface area contributed by atoms with E-state index in [0.717, 1.165) is 35.7 Å². The number of halogens is 2. The third kappa shape index (κ3) is 4.55. The second-order valence-electron chi connectivity index (χ2n) is 4.57. The van der Waals surface area contributed by atoms with Crippen LogP contribution in [-0.4, -0.2) is 26.3 Å². The molecule has 0 unspecified atom stereocenters. The average molecular weight is 304 g/mol. The quantitative estimate of drug-likeness (QED) is 0.644. The summed E-state index contributed by atoms with van der Waals surface area (Å²) in [6.45, 7) is 6.01. The Morgan fingerprint density at radius 3 is 2.42 bits per heavy atom. The largest absolute Gasteiger partial charge is 0.383 e. The number of hydrogen-bond donors (Lipinski definition) is 0. The van der Waals surface area contributed by atoms with Crippen LogP contribution in [0, 0.1) is 0 Å². The predicted molar refractivity (Wildman–Crippen MR) is 84.6 cm³/mol. The molecule has 0 aliphatic heterocycles. The highest BCUT2D eigenvalue weighted by molar-refractivity contribution is 6.32. The van der Waals surface area contributed by atoms with E-state index in [1.165, 1.54) is 0 Å². The fourth-order valence-corrected chi connectivity index (χ4v) is 2.81. The number of rotatable bonds is 8. The van der Waals surface area contributed by atoms with Crippen LogP contribution in [0.15, 0.2) is 18.2 Å². The summed E-state index contributed by atoms with van der Waals surface area (Å²) in [5.74, 6) is 0.447. The molecule has 0 heterocycles. The molecule has 108 valence electrons. The Bertz CT molecular complexity index is 380. The van der Waals surface area contributed by atoms with Crippen molar-refractivity contribution in [3.05, 3.63) is 28.8 Å². The number of methoxy groups -OCH3 is 1. The number of alkyl halides is 1. The minimum absolute atomic E-state index is 0.447. The van der Waals surface area contributed by atoms with Crippen molar-refractivity contribution in [1.82, 2.24) is 0 Å². The van der Waals surface area contributed by atoms with Gasteiger partial charge in [0.15, 0.2) is 0 Å². The van der Waals surface area contributed by atoms with Gasteiger partial charge in [0.2, 0.25) is 0 Å². The van der Waals surface area contributed by atoms with Gasteiger partial charge in [-0.3, -0.25) is 0 Å². The number of benzene rings is 1. The second kappa shape index (κ2) is 8.68. The summed E-state index contributed by atoms with van der Waals surface area (Å²) in [5, 5.41) is 0.737. The van der Waals surface area contributed by atoms with Crippen molar-refractivity contribution in [2.75, 3.05) is 25.2 Å². The Hall–Kier alpha value is -0.440. The van der Waals surface area contributed by atoms with Gasteiger partial charge in [-0.1, -0.05) is 31.5 Å². The van der Waals surface area contributed by atoms with Gasteiger partial charge in [-0.2, -0.15) is 0 Å². The van der Waals surface area contributed by atoms with Gasteiger partial charge in [0.1, 0.15) is 0 Å². The Morgan fingerprint density at radius 2 is 1.95 bits per heavy atom. The first-order chi connectivity index (χ1) is 9.17. The fourth-order valence-electron chi connectivity index (χ4n) is 2.26. The zero-order valence-corrected chi connectivity index (χ0v) is 13.5. The highest BCUT2D eigenvalue weighted by Crippen LogP contribution is 2.27. The van der Waals surface area contributed by atoms with E-state index < -0.39 is 0 Å². The summed E-state index contributed by atoms with van der Waals surface area (Å²) < 4.78 is 5.21. The summed E-state index contributed by atoms with van der Waals surface area (Å²) in [6, 6.07) is 6.62. The molecule has 0 bridgehead atoms. The molecule has 19 heavy (non-hydrogen) atoms. The highest BCUT2D eigenvalue weighted by Gasteiger charge is 2.16. The van der Waals surface area contributed by atoms with E-state index in [1.807, 2.05) is 12.1 Å². The van der Waals surface area contributed by atoms with Crippen molar-refractivity contribution in [3.63, 3.8) is 0 Å². The minimum Gasteiger partial charge on any atom is -0.383 e. The number of ether oxygens (including phenoxy) is 1. The Labute approximate surface area is 126 Å². The third-order valence-corrected chi connectivity index (χ3v) is 4.07. The lowest BCUT2D eigenvalue weighted by molar-refractivity contribution is 0.202. The van der Waals surface area contributed by atoms with E-state index in [-0.39, 0.29) is 0 Å². The maximum absolute atomic E-state index is 6.26. The van der Waals surface area contributed by atoms with E-state index >= 15 is 0 Å². The van der Waals surface area contributed by atoms with Gasteiger partial charge in [0.05, 0.1) is 6.61 Å². The summed E-state index contributed by atoms with van der Waals surface area (Å²) >= 11 is 12.1. The van der Waals surface area contributed by atoms with Crippen LogP contribution in [0.25, 0.3) is 0 Å². The topological polar surface area (TPSA) is 12.5 Å². The van der Waals surface area contributed by atoms with Crippen LogP contribution in [0.2, 0.25) is 5.02 Å².